The molecule has 31 heavy (non-hydrogen) atoms. The molecule has 2 heterocycles. The molecule has 1 N–H and O–H groups in total. The Bertz CT molecular complexity index is 1170. The number of hydrogen-bond acceptors (Lipinski definition) is 5. The normalized spacial score (nSPS) is 10.9. The molecule has 4 rings (SSSR count). The minimum Gasteiger partial charge on any atom is -0.491 e. The summed E-state index contributed by atoms with van der Waals surface area (Å²) >= 11 is 6.18. The van der Waals surface area contributed by atoms with Crippen LogP contribution in [0.1, 0.15) is 18.7 Å². The van der Waals surface area contributed by atoms with Crippen molar-refractivity contribution in [2.45, 2.75) is 19.3 Å². The Morgan fingerprint density at radius 3 is 2.84 bits per heavy atom. The van der Waals surface area contributed by atoms with Gasteiger partial charge in [-0.15, -0.1) is 0 Å². The third kappa shape index (κ3) is 5.41. The number of nitrogens with one attached hydrogen (secondary N) is 1. The van der Waals surface area contributed by atoms with Gasteiger partial charge in [0.15, 0.2) is 11.7 Å². The predicted octanol–water partition coefficient (Wildman–Crippen LogP) is 5.06. The quantitative estimate of drug-likeness (QED) is 0.372. The first-order chi connectivity index (χ1) is 15.2. The molecule has 0 fully saturated rings. The van der Waals surface area contributed by atoms with Gasteiger partial charge in [0.2, 0.25) is 5.91 Å². The van der Waals surface area contributed by atoms with Gasteiger partial charge in [0, 0.05) is 36.5 Å². The lowest BCUT2D eigenvalue weighted by Gasteiger charge is -2.09. The standard InChI is InChI=1S/C24H22ClN3O3/c25-19-9-2-1-8-18(19)21-16-28-23(31-21)12-11-22(29)26-14-5-15-30-20-10-3-6-17-7-4-13-27-24(17)20/h1-4,6-10,13,16H,5,11-12,14-15H2,(H,26,29). The number of benzene rings is 2. The monoisotopic (exact) mass is 435 g/mol. The van der Waals surface area contributed by atoms with E-state index >= 15 is 0 Å². The van der Waals surface area contributed by atoms with Crippen molar-refractivity contribution >= 4 is 28.4 Å². The van der Waals surface area contributed by atoms with Gasteiger partial charge in [-0.3, -0.25) is 9.78 Å². The van der Waals surface area contributed by atoms with Crippen LogP contribution in [0, 0.1) is 0 Å². The third-order valence-electron chi connectivity index (χ3n) is 4.76. The summed E-state index contributed by atoms with van der Waals surface area (Å²) in [7, 11) is 0. The highest BCUT2D eigenvalue weighted by Gasteiger charge is 2.11. The van der Waals surface area contributed by atoms with Crippen LogP contribution in [0.5, 0.6) is 5.75 Å². The van der Waals surface area contributed by atoms with Crippen LogP contribution in [0.15, 0.2) is 71.4 Å². The maximum Gasteiger partial charge on any atom is 0.220 e. The summed E-state index contributed by atoms with van der Waals surface area (Å²) in [6.45, 7) is 1.03. The maximum absolute atomic E-state index is 12.1. The van der Waals surface area contributed by atoms with Crippen molar-refractivity contribution < 1.29 is 13.9 Å². The van der Waals surface area contributed by atoms with Gasteiger partial charge < -0.3 is 14.5 Å². The lowest BCUT2D eigenvalue weighted by Crippen LogP contribution is -2.25. The number of carbonyl (C=O) groups excluding carboxylic acids is 1. The van der Waals surface area contributed by atoms with Gasteiger partial charge in [-0.2, -0.15) is 0 Å². The molecule has 6 nitrogen and oxygen atoms in total. The second-order valence-corrected chi connectivity index (χ2v) is 7.39. The van der Waals surface area contributed by atoms with Gasteiger partial charge in [-0.05, 0) is 30.7 Å². The van der Waals surface area contributed by atoms with Gasteiger partial charge in [0.1, 0.15) is 11.3 Å². The van der Waals surface area contributed by atoms with Crippen LogP contribution < -0.4 is 10.1 Å². The van der Waals surface area contributed by atoms with Crippen LogP contribution in [0.2, 0.25) is 5.02 Å². The van der Waals surface area contributed by atoms with Gasteiger partial charge in [0.25, 0.3) is 0 Å². The van der Waals surface area contributed by atoms with Crippen molar-refractivity contribution in [2.75, 3.05) is 13.2 Å². The lowest BCUT2D eigenvalue weighted by atomic mass is 10.2. The summed E-state index contributed by atoms with van der Waals surface area (Å²) in [5.74, 6) is 1.81. The van der Waals surface area contributed by atoms with Crippen molar-refractivity contribution in [2.24, 2.45) is 0 Å². The number of aryl methyl sites for hydroxylation is 1. The van der Waals surface area contributed by atoms with Crippen molar-refractivity contribution in [1.29, 1.82) is 0 Å². The summed E-state index contributed by atoms with van der Waals surface area (Å²) in [5, 5.41) is 4.54. The Labute approximate surface area is 185 Å². The summed E-state index contributed by atoms with van der Waals surface area (Å²) in [6.07, 6.45) is 4.81. The molecule has 0 bridgehead atoms. The molecule has 4 aromatic rings. The Kier molecular flexibility index (Phi) is 6.79. The molecule has 0 radical (unpaired) electrons. The number of fused-ring (bicyclic) bond motifs is 1. The van der Waals surface area contributed by atoms with Crippen LogP contribution in [-0.4, -0.2) is 29.0 Å². The van der Waals surface area contributed by atoms with Crippen molar-refractivity contribution in [3.8, 4) is 17.1 Å². The number of para-hydroxylation sites is 1. The highest BCUT2D eigenvalue weighted by atomic mass is 35.5. The van der Waals surface area contributed by atoms with Gasteiger partial charge in [-0.1, -0.05) is 41.9 Å². The number of nitrogens with zero attached hydrogens (tertiary/aromatic N) is 2. The number of pyridine rings is 1. The molecule has 0 aliphatic heterocycles. The van der Waals surface area contributed by atoms with Crippen LogP contribution in [0.3, 0.4) is 0 Å². The molecule has 0 unspecified atom stereocenters. The number of hydrogen-bond donors (Lipinski definition) is 1. The van der Waals surface area contributed by atoms with Crippen LogP contribution in [-0.2, 0) is 11.2 Å². The zero-order valence-corrected chi connectivity index (χ0v) is 17.6. The van der Waals surface area contributed by atoms with Crippen LogP contribution in [0.4, 0.5) is 0 Å². The van der Waals surface area contributed by atoms with E-state index in [1.165, 1.54) is 0 Å². The minimum absolute atomic E-state index is 0.0516. The Hall–Kier alpha value is -3.38. The first-order valence-electron chi connectivity index (χ1n) is 10.1. The van der Waals surface area contributed by atoms with E-state index in [2.05, 4.69) is 15.3 Å². The smallest absolute Gasteiger partial charge is 0.220 e. The number of ether oxygens (including phenoxy) is 1. The fourth-order valence-electron chi connectivity index (χ4n) is 3.20. The maximum atomic E-state index is 12.1. The molecular formula is C24H22ClN3O3. The van der Waals surface area contributed by atoms with Crippen molar-refractivity contribution in [3.63, 3.8) is 0 Å². The molecule has 2 aromatic carbocycles. The minimum atomic E-state index is -0.0516. The van der Waals surface area contributed by atoms with Gasteiger partial charge in [0.05, 0.1) is 17.8 Å². The zero-order valence-electron chi connectivity index (χ0n) is 16.9. The Morgan fingerprint density at radius 2 is 1.94 bits per heavy atom. The van der Waals surface area contributed by atoms with E-state index in [1.54, 1.807) is 18.5 Å². The highest BCUT2D eigenvalue weighted by Crippen LogP contribution is 2.28. The van der Waals surface area contributed by atoms with Crippen LogP contribution in [0.25, 0.3) is 22.2 Å². The zero-order chi connectivity index (χ0) is 21.5. The summed E-state index contributed by atoms with van der Waals surface area (Å²) in [5.41, 5.74) is 1.63. The molecular weight excluding hydrogens is 414 g/mol. The largest absolute Gasteiger partial charge is 0.491 e. The van der Waals surface area contributed by atoms with E-state index in [-0.39, 0.29) is 5.91 Å². The fourth-order valence-corrected chi connectivity index (χ4v) is 3.42. The molecule has 158 valence electrons. The van der Waals surface area contributed by atoms with E-state index in [0.717, 1.165) is 22.2 Å². The molecule has 0 atom stereocenters. The number of carbonyl (C=O) groups is 1. The van der Waals surface area contributed by atoms with E-state index in [9.17, 15) is 4.79 Å². The summed E-state index contributed by atoms with van der Waals surface area (Å²) in [4.78, 5) is 20.7. The van der Waals surface area contributed by atoms with E-state index < -0.39 is 0 Å². The van der Waals surface area contributed by atoms with Gasteiger partial charge >= 0.3 is 0 Å². The molecule has 2 aromatic heterocycles. The molecule has 0 spiro atoms. The SMILES string of the molecule is O=C(CCc1ncc(-c2ccccc2Cl)o1)NCCCOc1cccc2cccnc12. The molecule has 1 amide bonds. The van der Waals surface area contributed by atoms with Crippen molar-refractivity contribution in [3.05, 3.63) is 77.9 Å². The second kappa shape index (κ2) is 10.1. The first-order valence-corrected chi connectivity index (χ1v) is 10.5. The van der Waals surface area contributed by atoms with E-state index in [0.29, 0.717) is 49.1 Å². The van der Waals surface area contributed by atoms with E-state index in [4.69, 9.17) is 20.8 Å². The lowest BCUT2D eigenvalue weighted by molar-refractivity contribution is -0.121. The summed E-state index contributed by atoms with van der Waals surface area (Å²) in [6, 6.07) is 17.2. The number of halogens is 1. The topological polar surface area (TPSA) is 77.2 Å². The first kappa shape index (κ1) is 20.9. The molecule has 0 saturated heterocycles. The Morgan fingerprint density at radius 1 is 1.06 bits per heavy atom. The number of oxazole rings is 1. The third-order valence-corrected chi connectivity index (χ3v) is 5.08. The van der Waals surface area contributed by atoms with E-state index in [1.807, 2.05) is 48.5 Å². The average molecular weight is 436 g/mol. The second-order valence-electron chi connectivity index (χ2n) is 6.98. The molecule has 0 aliphatic carbocycles. The Balaban J connectivity index is 1.18. The van der Waals surface area contributed by atoms with Crippen molar-refractivity contribution in [1.82, 2.24) is 15.3 Å². The molecule has 0 aliphatic rings. The van der Waals surface area contributed by atoms with Gasteiger partial charge in [-0.25, -0.2) is 4.98 Å². The summed E-state index contributed by atoms with van der Waals surface area (Å²) < 4.78 is 11.6. The fraction of sp³-hybridized carbons (Fsp3) is 0.208. The molecule has 7 heteroatoms. The number of amides is 1. The highest BCUT2D eigenvalue weighted by molar-refractivity contribution is 6.33. The average Bonchev–Trinajstić information content (AvgIpc) is 3.27. The number of aromatic nitrogens is 2. The van der Waals surface area contributed by atoms with Crippen LogP contribution >= 0.6 is 11.6 Å². The number of rotatable bonds is 9. The molecule has 0 saturated carbocycles. The predicted molar refractivity (Wildman–Crippen MR) is 120 cm³/mol.